The second-order valence-electron chi connectivity index (χ2n) is 5.18. The van der Waals surface area contributed by atoms with Crippen LogP contribution in [0.3, 0.4) is 0 Å². The molecule has 0 aliphatic rings. The second-order valence-corrected chi connectivity index (χ2v) is 13.0. The minimum atomic E-state index is -3.37. The molecule has 10 heteroatoms. The van der Waals surface area contributed by atoms with Crippen molar-refractivity contribution in [2.24, 2.45) is 0 Å². The van der Waals surface area contributed by atoms with E-state index < -0.39 is 34.4 Å². The summed E-state index contributed by atoms with van der Waals surface area (Å²) in [4.78, 5) is 16.4. The molecule has 1 aromatic carbocycles. The summed E-state index contributed by atoms with van der Waals surface area (Å²) in [5, 5.41) is 2.39. The number of hydrogen-bond acceptors (Lipinski definition) is 5. The number of anilines is 1. The molecule has 0 aliphatic heterocycles. The quantitative estimate of drug-likeness (QED) is 0.639. The number of halogens is 2. The molecule has 1 amide bonds. The number of nitrogens with zero attached hydrogens (tertiary/aromatic N) is 1. The molecule has 0 spiro atoms. The maximum atomic E-state index is 14.8. The topological polar surface area (TPSA) is 85.4 Å². The van der Waals surface area contributed by atoms with E-state index in [0.717, 1.165) is 0 Å². The van der Waals surface area contributed by atoms with Crippen molar-refractivity contribution < 1.29 is 22.3 Å². The number of hydrogen-bond donors (Lipinski definition) is 1. The van der Waals surface area contributed by atoms with Gasteiger partial charge in [-0.2, -0.15) is 0 Å². The molecule has 0 fully saturated rings. The number of aromatic nitrogens is 1. The number of rotatable bonds is 7. The maximum absolute atomic E-state index is 14.8. The standard InChI is InChI=1S/C16H16AsClFN2O4S/c1-3-8-26(23,24)17-11-5-6-12(18)14(15(11)19)16(22)21-10-4-7-13(25-2)20-9-10/h4-7,9H,3,8H2,1-2H3,(H,21,22). The number of amides is 1. The van der Waals surface area contributed by atoms with Crippen LogP contribution in [-0.2, 0) is 8.10 Å². The third-order valence-electron chi connectivity index (χ3n) is 3.20. The number of ether oxygens (including phenoxy) is 1. The van der Waals surface area contributed by atoms with Crippen LogP contribution in [0, 0.1) is 5.82 Å². The van der Waals surface area contributed by atoms with E-state index in [4.69, 9.17) is 16.3 Å². The first kappa shape index (κ1) is 20.7. The van der Waals surface area contributed by atoms with Gasteiger partial charge >= 0.3 is 162 Å². The summed E-state index contributed by atoms with van der Waals surface area (Å²) in [6, 6.07) is 5.72. The first-order chi connectivity index (χ1) is 12.3. The zero-order valence-electron chi connectivity index (χ0n) is 14.0. The van der Waals surface area contributed by atoms with E-state index in [-0.39, 0.29) is 20.7 Å². The average molecular weight is 462 g/mol. The van der Waals surface area contributed by atoms with Gasteiger partial charge in [0.25, 0.3) is 0 Å². The Kier molecular flexibility index (Phi) is 7.03. The number of benzene rings is 1. The molecular weight excluding hydrogens is 446 g/mol. The molecule has 139 valence electrons. The van der Waals surface area contributed by atoms with Gasteiger partial charge in [0.15, 0.2) is 0 Å². The molecule has 1 N–H and O–H groups in total. The zero-order chi connectivity index (χ0) is 19.3. The van der Waals surface area contributed by atoms with E-state index in [1.807, 2.05) is 0 Å². The van der Waals surface area contributed by atoms with Gasteiger partial charge < -0.3 is 0 Å². The van der Waals surface area contributed by atoms with Gasteiger partial charge in [-0.1, -0.05) is 0 Å². The molecule has 2 rings (SSSR count). The van der Waals surface area contributed by atoms with E-state index in [1.54, 1.807) is 6.92 Å². The number of methoxy groups -OCH3 is 1. The molecule has 0 aliphatic carbocycles. The molecule has 0 bridgehead atoms. The summed E-state index contributed by atoms with van der Waals surface area (Å²) >= 11 is 4.50. The third kappa shape index (κ3) is 5.19. The van der Waals surface area contributed by atoms with Gasteiger partial charge in [0.05, 0.1) is 0 Å². The Morgan fingerprint density at radius 1 is 1.35 bits per heavy atom. The Bertz CT molecular complexity index is 907. The van der Waals surface area contributed by atoms with Crippen LogP contribution >= 0.6 is 11.6 Å². The van der Waals surface area contributed by atoms with E-state index in [2.05, 4.69) is 10.3 Å². The van der Waals surface area contributed by atoms with Gasteiger partial charge in [-0.05, 0) is 0 Å². The molecule has 0 saturated carbocycles. The number of pyridine rings is 1. The molecule has 26 heavy (non-hydrogen) atoms. The van der Waals surface area contributed by atoms with Crippen molar-refractivity contribution in [2.45, 2.75) is 13.3 Å². The number of carbonyl (C=O) groups excluding carboxylic acids is 1. The summed E-state index contributed by atoms with van der Waals surface area (Å²) in [7, 11) is -1.92. The monoisotopic (exact) mass is 461 g/mol. The van der Waals surface area contributed by atoms with Crippen LogP contribution in [-0.4, -0.2) is 46.8 Å². The predicted octanol–water partition coefficient (Wildman–Crippen LogP) is 2.20. The Hall–Kier alpha value is -1.63. The Balaban J connectivity index is 2.29. The Labute approximate surface area is 161 Å². The van der Waals surface area contributed by atoms with E-state index in [9.17, 15) is 17.6 Å². The average Bonchev–Trinajstić information content (AvgIpc) is 2.58. The number of nitrogens with one attached hydrogen (secondary N) is 1. The molecule has 0 atom stereocenters. The van der Waals surface area contributed by atoms with Gasteiger partial charge in [-0.15, -0.1) is 0 Å². The van der Waals surface area contributed by atoms with Gasteiger partial charge in [-0.25, -0.2) is 0 Å². The summed E-state index contributed by atoms with van der Waals surface area (Å²) in [5.41, 5.74) is -0.0643. The second kappa shape index (κ2) is 8.84. The summed E-state index contributed by atoms with van der Waals surface area (Å²) in [6.45, 7) is 1.73. The Morgan fingerprint density at radius 3 is 2.65 bits per heavy atom. The van der Waals surface area contributed by atoms with E-state index >= 15 is 0 Å². The van der Waals surface area contributed by atoms with Gasteiger partial charge in [0.1, 0.15) is 0 Å². The van der Waals surface area contributed by atoms with Crippen molar-refractivity contribution in [3.05, 3.63) is 46.9 Å². The molecule has 0 unspecified atom stereocenters. The van der Waals surface area contributed by atoms with Crippen molar-refractivity contribution in [3.8, 4) is 5.88 Å². The summed E-state index contributed by atoms with van der Waals surface area (Å²) in [6.07, 6.45) is 1.80. The molecule has 0 saturated heterocycles. The normalized spacial score (nSPS) is 11.7. The zero-order valence-corrected chi connectivity index (χ0v) is 17.4. The summed E-state index contributed by atoms with van der Waals surface area (Å²) < 4.78 is 43.7. The molecular formula is C16H16AsClFN2O4S. The molecule has 1 radical (unpaired) electrons. The van der Waals surface area contributed by atoms with Crippen molar-refractivity contribution in [2.75, 3.05) is 18.2 Å². The van der Waals surface area contributed by atoms with Crippen molar-refractivity contribution in [3.63, 3.8) is 0 Å². The fourth-order valence-corrected chi connectivity index (χ4v) is 8.21. The van der Waals surface area contributed by atoms with E-state index in [1.165, 1.54) is 37.6 Å². The van der Waals surface area contributed by atoms with Gasteiger partial charge in [0, 0.05) is 0 Å². The SMILES string of the molecule is CCCS(=O)(=O)[As]c1ccc(Cl)c(C(=O)Nc2ccc(OC)nc2)c1F. The van der Waals surface area contributed by atoms with Crippen LogP contribution in [0.1, 0.15) is 23.7 Å². The summed E-state index contributed by atoms with van der Waals surface area (Å²) in [5.74, 6) is -1.35. The molecule has 1 heterocycles. The van der Waals surface area contributed by atoms with Crippen LogP contribution < -0.4 is 14.4 Å². The predicted molar refractivity (Wildman–Crippen MR) is 99.6 cm³/mol. The molecule has 6 nitrogen and oxygen atoms in total. The minimum absolute atomic E-state index is 0.00268. The van der Waals surface area contributed by atoms with Crippen molar-refractivity contribution in [1.29, 1.82) is 0 Å². The van der Waals surface area contributed by atoms with Crippen molar-refractivity contribution in [1.82, 2.24) is 4.98 Å². The van der Waals surface area contributed by atoms with Crippen LogP contribution in [0.25, 0.3) is 0 Å². The van der Waals surface area contributed by atoms with Crippen LogP contribution in [0.5, 0.6) is 5.88 Å². The number of carbonyl (C=O) groups is 1. The van der Waals surface area contributed by atoms with E-state index in [0.29, 0.717) is 18.0 Å². The van der Waals surface area contributed by atoms with Crippen LogP contribution in [0.2, 0.25) is 5.02 Å². The third-order valence-corrected chi connectivity index (χ3v) is 9.78. The van der Waals surface area contributed by atoms with Gasteiger partial charge in [-0.3, -0.25) is 0 Å². The first-order valence-corrected chi connectivity index (χ1v) is 12.7. The van der Waals surface area contributed by atoms with Gasteiger partial charge in [0.2, 0.25) is 0 Å². The van der Waals surface area contributed by atoms with Crippen molar-refractivity contribution >= 4 is 50.2 Å². The Morgan fingerprint density at radius 2 is 2.08 bits per heavy atom. The van der Waals surface area contributed by atoms with Crippen LogP contribution in [0.15, 0.2) is 30.5 Å². The molecule has 1 aromatic heterocycles. The van der Waals surface area contributed by atoms with Crippen LogP contribution in [0.4, 0.5) is 10.1 Å². The fraction of sp³-hybridized carbons (Fsp3) is 0.250. The molecule has 2 aromatic rings. The first-order valence-electron chi connectivity index (χ1n) is 7.52. The fourth-order valence-electron chi connectivity index (χ4n) is 2.04.